The van der Waals surface area contributed by atoms with Crippen LogP contribution in [0.2, 0.25) is 0 Å². The van der Waals surface area contributed by atoms with E-state index in [4.69, 9.17) is 16.3 Å². The molecule has 0 N–H and O–H groups in total. The molecule has 2 heterocycles. The van der Waals surface area contributed by atoms with Gasteiger partial charge in [0.2, 0.25) is 5.88 Å². The van der Waals surface area contributed by atoms with Crippen LogP contribution in [0.15, 0.2) is 18.3 Å². The molecule has 0 fully saturated rings. The fraction of sp³-hybridized carbons (Fsp3) is 0.286. The van der Waals surface area contributed by atoms with Gasteiger partial charge in [0, 0.05) is 11.8 Å². The normalized spacial score (nSPS) is 21.9. The number of ether oxygens (including phenoxy) is 1. The highest BCUT2D eigenvalue weighted by atomic mass is 35.5. The molecule has 52 valence electrons. The number of pyridine rings is 1. The number of hydrogen-bond donors (Lipinski definition) is 0. The van der Waals surface area contributed by atoms with Crippen molar-refractivity contribution < 1.29 is 4.74 Å². The molecule has 0 saturated heterocycles. The van der Waals surface area contributed by atoms with Crippen LogP contribution in [0, 0.1) is 0 Å². The van der Waals surface area contributed by atoms with Crippen LogP contribution in [0.1, 0.15) is 10.9 Å². The first-order chi connectivity index (χ1) is 4.88. The van der Waals surface area contributed by atoms with Gasteiger partial charge in [0.05, 0.1) is 5.38 Å². The van der Waals surface area contributed by atoms with E-state index in [1.54, 1.807) is 6.20 Å². The topological polar surface area (TPSA) is 22.1 Å². The van der Waals surface area contributed by atoms with E-state index in [9.17, 15) is 0 Å². The predicted molar refractivity (Wildman–Crippen MR) is 38.3 cm³/mol. The van der Waals surface area contributed by atoms with E-state index >= 15 is 0 Å². The predicted octanol–water partition coefficient (Wildman–Crippen LogP) is 1.75. The highest BCUT2D eigenvalue weighted by molar-refractivity contribution is 6.21. The summed E-state index contributed by atoms with van der Waals surface area (Å²) in [5.41, 5.74) is 1.00. The highest BCUT2D eigenvalue weighted by Crippen LogP contribution is 2.33. The Hall–Kier alpha value is -0.760. The van der Waals surface area contributed by atoms with Crippen molar-refractivity contribution in [1.82, 2.24) is 4.98 Å². The maximum atomic E-state index is 5.88. The van der Waals surface area contributed by atoms with E-state index in [2.05, 4.69) is 4.98 Å². The number of hydrogen-bond acceptors (Lipinski definition) is 2. The molecule has 0 aliphatic carbocycles. The largest absolute Gasteiger partial charge is 0.475 e. The average molecular weight is 156 g/mol. The van der Waals surface area contributed by atoms with E-state index in [-0.39, 0.29) is 5.38 Å². The van der Waals surface area contributed by atoms with Crippen LogP contribution in [-0.4, -0.2) is 11.6 Å². The molecule has 0 bridgehead atoms. The minimum atomic E-state index is -0.0105. The third-order valence-electron chi connectivity index (χ3n) is 1.50. The summed E-state index contributed by atoms with van der Waals surface area (Å²) in [5, 5.41) is -0.0105. The monoisotopic (exact) mass is 155 g/mol. The summed E-state index contributed by atoms with van der Waals surface area (Å²) in [6, 6.07) is 3.80. The lowest BCUT2D eigenvalue weighted by Crippen LogP contribution is -1.90. The zero-order chi connectivity index (χ0) is 6.97. The Kier molecular flexibility index (Phi) is 1.27. The number of alkyl halides is 1. The summed E-state index contributed by atoms with van der Waals surface area (Å²) in [6.07, 6.45) is 1.70. The molecule has 2 rings (SSSR count). The van der Waals surface area contributed by atoms with Gasteiger partial charge in [0.1, 0.15) is 6.61 Å². The molecule has 1 aliphatic rings. The highest BCUT2D eigenvalue weighted by Gasteiger charge is 2.21. The molecule has 1 atom stereocenters. The first kappa shape index (κ1) is 5.98. The third-order valence-corrected chi connectivity index (χ3v) is 1.87. The van der Waals surface area contributed by atoms with Crippen LogP contribution in [0.25, 0.3) is 0 Å². The van der Waals surface area contributed by atoms with E-state index < -0.39 is 0 Å². The first-order valence-electron chi connectivity index (χ1n) is 3.10. The molecule has 2 nitrogen and oxygen atoms in total. The lowest BCUT2D eigenvalue weighted by atomic mass is 10.2. The molecule has 0 spiro atoms. The van der Waals surface area contributed by atoms with Crippen molar-refractivity contribution in [2.45, 2.75) is 5.38 Å². The molecule has 0 saturated carbocycles. The average Bonchev–Trinajstić information content (AvgIpc) is 2.34. The van der Waals surface area contributed by atoms with Crippen molar-refractivity contribution in [3.63, 3.8) is 0 Å². The Morgan fingerprint density at radius 2 is 2.60 bits per heavy atom. The molecule has 0 aromatic carbocycles. The summed E-state index contributed by atoms with van der Waals surface area (Å²) in [5.74, 6) is 0.683. The SMILES string of the molecule is ClC1COc2ncccc21. The molecule has 1 aliphatic heterocycles. The number of aromatic nitrogens is 1. The van der Waals surface area contributed by atoms with Crippen LogP contribution < -0.4 is 4.74 Å². The van der Waals surface area contributed by atoms with Crippen LogP contribution in [0.4, 0.5) is 0 Å². The molecule has 1 aromatic rings. The summed E-state index contributed by atoms with van der Waals surface area (Å²) >= 11 is 5.88. The lowest BCUT2D eigenvalue weighted by Gasteiger charge is -1.93. The van der Waals surface area contributed by atoms with Gasteiger partial charge in [0.25, 0.3) is 0 Å². The molecule has 0 radical (unpaired) electrons. The van der Waals surface area contributed by atoms with Gasteiger partial charge in [-0.25, -0.2) is 4.98 Å². The zero-order valence-electron chi connectivity index (χ0n) is 5.25. The van der Waals surface area contributed by atoms with Crippen molar-refractivity contribution in [2.24, 2.45) is 0 Å². The zero-order valence-corrected chi connectivity index (χ0v) is 6.01. The van der Waals surface area contributed by atoms with Crippen LogP contribution in [0.5, 0.6) is 5.88 Å². The molecule has 0 amide bonds. The number of nitrogens with zero attached hydrogens (tertiary/aromatic N) is 1. The second-order valence-corrected chi connectivity index (χ2v) is 2.70. The second-order valence-electron chi connectivity index (χ2n) is 2.18. The minimum absolute atomic E-state index is 0.0105. The fourth-order valence-corrected chi connectivity index (χ4v) is 1.23. The quantitative estimate of drug-likeness (QED) is 0.533. The van der Waals surface area contributed by atoms with E-state index in [1.165, 1.54) is 0 Å². The van der Waals surface area contributed by atoms with E-state index in [0.717, 1.165) is 5.56 Å². The number of fused-ring (bicyclic) bond motifs is 1. The Labute approximate surface area is 63.8 Å². The Balaban J connectivity index is 2.51. The molecule has 1 aromatic heterocycles. The number of rotatable bonds is 0. The molecular formula is C7H6ClNO. The van der Waals surface area contributed by atoms with Crippen molar-refractivity contribution in [2.75, 3.05) is 6.61 Å². The third kappa shape index (κ3) is 0.762. The number of halogens is 1. The second kappa shape index (κ2) is 2.13. The van der Waals surface area contributed by atoms with Gasteiger partial charge >= 0.3 is 0 Å². The van der Waals surface area contributed by atoms with Crippen LogP contribution >= 0.6 is 11.6 Å². The van der Waals surface area contributed by atoms with Crippen molar-refractivity contribution in [1.29, 1.82) is 0 Å². The Bertz CT molecular complexity index is 251. The summed E-state index contributed by atoms with van der Waals surface area (Å²) in [7, 11) is 0. The van der Waals surface area contributed by atoms with Crippen molar-refractivity contribution in [3.05, 3.63) is 23.9 Å². The van der Waals surface area contributed by atoms with Crippen LogP contribution in [-0.2, 0) is 0 Å². The summed E-state index contributed by atoms with van der Waals surface area (Å²) in [6.45, 7) is 0.550. The molecule has 1 unspecified atom stereocenters. The summed E-state index contributed by atoms with van der Waals surface area (Å²) in [4.78, 5) is 4.00. The lowest BCUT2D eigenvalue weighted by molar-refractivity contribution is 0.341. The molecule has 3 heteroatoms. The van der Waals surface area contributed by atoms with Gasteiger partial charge in [-0.3, -0.25) is 0 Å². The summed E-state index contributed by atoms with van der Waals surface area (Å²) < 4.78 is 5.17. The smallest absolute Gasteiger partial charge is 0.218 e. The Morgan fingerprint density at radius 1 is 1.70 bits per heavy atom. The molecular weight excluding hydrogens is 150 g/mol. The van der Waals surface area contributed by atoms with E-state index in [0.29, 0.717) is 12.5 Å². The van der Waals surface area contributed by atoms with Crippen molar-refractivity contribution in [3.8, 4) is 5.88 Å². The van der Waals surface area contributed by atoms with E-state index in [1.807, 2.05) is 12.1 Å². The molecule has 10 heavy (non-hydrogen) atoms. The van der Waals surface area contributed by atoms with Gasteiger partial charge in [-0.05, 0) is 6.07 Å². The fourth-order valence-electron chi connectivity index (χ4n) is 1.00. The van der Waals surface area contributed by atoms with Gasteiger partial charge in [-0.1, -0.05) is 6.07 Å². The van der Waals surface area contributed by atoms with Gasteiger partial charge < -0.3 is 4.74 Å². The van der Waals surface area contributed by atoms with Gasteiger partial charge in [0.15, 0.2) is 0 Å². The maximum absolute atomic E-state index is 5.88. The Morgan fingerprint density at radius 3 is 3.40 bits per heavy atom. The van der Waals surface area contributed by atoms with Crippen molar-refractivity contribution >= 4 is 11.6 Å². The van der Waals surface area contributed by atoms with Crippen LogP contribution in [0.3, 0.4) is 0 Å². The van der Waals surface area contributed by atoms with Gasteiger partial charge in [-0.2, -0.15) is 0 Å². The maximum Gasteiger partial charge on any atom is 0.218 e. The first-order valence-corrected chi connectivity index (χ1v) is 3.53. The minimum Gasteiger partial charge on any atom is -0.475 e. The van der Waals surface area contributed by atoms with Gasteiger partial charge in [-0.15, -0.1) is 11.6 Å². The standard InChI is InChI=1S/C7H6ClNO/c8-6-4-10-7-5(6)2-1-3-9-7/h1-3,6H,4H2.